The van der Waals surface area contributed by atoms with Crippen LogP contribution in [0.25, 0.3) is 0 Å². The summed E-state index contributed by atoms with van der Waals surface area (Å²) in [6.07, 6.45) is 0.759. The Morgan fingerprint density at radius 3 is 2.17 bits per heavy atom. The van der Waals surface area contributed by atoms with E-state index in [1.54, 1.807) is 14.2 Å². The van der Waals surface area contributed by atoms with Crippen LogP contribution in [0.1, 0.15) is 22.8 Å². The van der Waals surface area contributed by atoms with Crippen LogP contribution >= 0.6 is 0 Å². The van der Waals surface area contributed by atoms with Gasteiger partial charge in [0.15, 0.2) is 0 Å². The van der Waals surface area contributed by atoms with Gasteiger partial charge in [-0.3, -0.25) is 0 Å². The number of ether oxygens (including phenoxy) is 2. The average molecular weight is 253 g/mol. The van der Waals surface area contributed by atoms with Gasteiger partial charge in [-0.1, -0.05) is 0 Å². The van der Waals surface area contributed by atoms with E-state index in [1.165, 1.54) is 5.56 Å². The zero-order valence-electron chi connectivity index (χ0n) is 11.7. The lowest BCUT2D eigenvalue weighted by atomic mass is 10.1. The third-order valence-electron chi connectivity index (χ3n) is 2.78. The van der Waals surface area contributed by atoms with Crippen LogP contribution < -0.4 is 5.32 Å². The molecule has 1 heterocycles. The Morgan fingerprint density at radius 1 is 1.00 bits per heavy atom. The van der Waals surface area contributed by atoms with E-state index in [0.717, 1.165) is 36.7 Å². The molecule has 0 aliphatic carbocycles. The topological polar surface area (TPSA) is 56.3 Å². The van der Waals surface area contributed by atoms with E-state index in [9.17, 15) is 0 Å². The molecule has 0 bridgehead atoms. The highest BCUT2D eigenvalue weighted by Crippen LogP contribution is 2.10. The SMILES string of the molecule is COCCNCc1c(C)nc(CCOC)nc1C. The predicted molar refractivity (Wildman–Crippen MR) is 70.7 cm³/mol. The van der Waals surface area contributed by atoms with E-state index in [1.807, 2.05) is 13.8 Å². The summed E-state index contributed by atoms with van der Waals surface area (Å²) >= 11 is 0. The van der Waals surface area contributed by atoms with Crippen molar-refractivity contribution in [3.63, 3.8) is 0 Å². The van der Waals surface area contributed by atoms with Crippen LogP contribution in [0.4, 0.5) is 0 Å². The smallest absolute Gasteiger partial charge is 0.131 e. The summed E-state index contributed by atoms with van der Waals surface area (Å²) in [6, 6.07) is 0. The summed E-state index contributed by atoms with van der Waals surface area (Å²) < 4.78 is 10.0. The van der Waals surface area contributed by atoms with Crippen molar-refractivity contribution in [1.29, 1.82) is 0 Å². The van der Waals surface area contributed by atoms with Gasteiger partial charge in [-0.15, -0.1) is 0 Å². The number of aryl methyl sites for hydroxylation is 2. The first-order chi connectivity index (χ1) is 8.69. The van der Waals surface area contributed by atoms with Crippen LogP contribution in [0.2, 0.25) is 0 Å². The van der Waals surface area contributed by atoms with Crippen LogP contribution in [-0.4, -0.2) is 43.9 Å². The van der Waals surface area contributed by atoms with Gasteiger partial charge in [0.2, 0.25) is 0 Å². The number of aromatic nitrogens is 2. The van der Waals surface area contributed by atoms with E-state index < -0.39 is 0 Å². The largest absolute Gasteiger partial charge is 0.384 e. The van der Waals surface area contributed by atoms with Crippen molar-refractivity contribution in [1.82, 2.24) is 15.3 Å². The molecular formula is C13H23N3O2. The van der Waals surface area contributed by atoms with Crippen molar-refractivity contribution < 1.29 is 9.47 Å². The molecule has 5 heteroatoms. The standard InChI is InChI=1S/C13H23N3O2/c1-10-12(9-14-6-8-18-4)11(2)16-13(15-10)5-7-17-3/h14H,5-9H2,1-4H3. The second kappa shape index (κ2) is 8.13. The number of nitrogens with one attached hydrogen (secondary N) is 1. The lowest BCUT2D eigenvalue weighted by Gasteiger charge is -2.11. The monoisotopic (exact) mass is 253 g/mol. The molecule has 0 radical (unpaired) electrons. The Balaban J connectivity index is 2.62. The number of hydrogen-bond acceptors (Lipinski definition) is 5. The molecule has 0 aliphatic rings. The maximum Gasteiger partial charge on any atom is 0.131 e. The fourth-order valence-corrected chi connectivity index (χ4v) is 1.76. The number of nitrogens with zero attached hydrogens (tertiary/aromatic N) is 2. The van der Waals surface area contributed by atoms with Gasteiger partial charge >= 0.3 is 0 Å². The molecule has 0 amide bonds. The zero-order valence-corrected chi connectivity index (χ0v) is 11.7. The molecule has 5 nitrogen and oxygen atoms in total. The van der Waals surface area contributed by atoms with E-state index >= 15 is 0 Å². The second-order valence-corrected chi connectivity index (χ2v) is 4.20. The molecule has 0 saturated carbocycles. The van der Waals surface area contributed by atoms with Gasteiger partial charge < -0.3 is 14.8 Å². The number of methoxy groups -OCH3 is 2. The van der Waals surface area contributed by atoms with Crippen LogP contribution in [0.3, 0.4) is 0 Å². The van der Waals surface area contributed by atoms with Crippen molar-refractivity contribution in [2.75, 3.05) is 34.0 Å². The van der Waals surface area contributed by atoms with Gasteiger partial charge in [-0.2, -0.15) is 0 Å². The molecule has 1 aromatic heterocycles. The minimum Gasteiger partial charge on any atom is -0.384 e. The molecule has 0 saturated heterocycles. The molecule has 18 heavy (non-hydrogen) atoms. The van der Waals surface area contributed by atoms with Crippen molar-refractivity contribution in [3.8, 4) is 0 Å². The zero-order chi connectivity index (χ0) is 13.4. The minimum atomic E-state index is 0.657. The van der Waals surface area contributed by atoms with Crippen LogP contribution in [0, 0.1) is 13.8 Å². The Kier molecular flexibility index (Phi) is 6.78. The molecule has 0 atom stereocenters. The van der Waals surface area contributed by atoms with Gasteiger partial charge in [0.25, 0.3) is 0 Å². The molecule has 0 unspecified atom stereocenters. The highest BCUT2D eigenvalue weighted by molar-refractivity contribution is 5.24. The van der Waals surface area contributed by atoms with Crippen molar-refractivity contribution in [2.45, 2.75) is 26.8 Å². The van der Waals surface area contributed by atoms with Crippen molar-refractivity contribution in [2.24, 2.45) is 0 Å². The lowest BCUT2D eigenvalue weighted by Crippen LogP contribution is -2.21. The maximum atomic E-state index is 5.04. The first-order valence-corrected chi connectivity index (χ1v) is 6.20. The quantitative estimate of drug-likeness (QED) is 0.701. The fourth-order valence-electron chi connectivity index (χ4n) is 1.76. The molecule has 0 spiro atoms. The summed E-state index contributed by atoms with van der Waals surface area (Å²) in [6.45, 7) is 7.04. The fraction of sp³-hybridized carbons (Fsp3) is 0.692. The van der Waals surface area contributed by atoms with Crippen LogP contribution in [0.15, 0.2) is 0 Å². The van der Waals surface area contributed by atoms with Gasteiger partial charge in [-0.05, 0) is 13.8 Å². The van der Waals surface area contributed by atoms with E-state index in [2.05, 4.69) is 15.3 Å². The summed E-state index contributed by atoms with van der Waals surface area (Å²) in [5.74, 6) is 0.854. The highest BCUT2D eigenvalue weighted by atomic mass is 16.5. The van der Waals surface area contributed by atoms with E-state index in [4.69, 9.17) is 9.47 Å². The van der Waals surface area contributed by atoms with E-state index in [0.29, 0.717) is 13.2 Å². The third kappa shape index (κ3) is 4.68. The molecule has 102 valence electrons. The number of rotatable bonds is 8. The van der Waals surface area contributed by atoms with Gasteiger partial charge in [0.05, 0.1) is 13.2 Å². The van der Waals surface area contributed by atoms with E-state index in [-0.39, 0.29) is 0 Å². The van der Waals surface area contributed by atoms with Crippen molar-refractivity contribution in [3.05, 3.63) is 22.8 Å². The maximum absolute atomic E-state index is 5.04. The predicted octanol–water partition coefficient (Wildman–Crippen LogP) is 1.02. The molecule has 1 N–H and O–H groups in total. The number of hydrogen-bond donors (Lipinski definition) is 1. The first-order valence-electron chi connectivity index (χ1n) is 6.20. The van der Waals surface area contributed by atoms with Crippen LogP contribution in [0.5, 0.6) is 0 Å². The summed E-state index contributed by atoms with van der Waals surface area (Å²) in [4.78, 5) is 9.02. The summed E-state index contributed by atoms with van der Waals surface area (Å²) in [5.41, 5.74) is 3.25. The Morgan fingerprint density at radius 2 is 1.61 bits per heavy atom. The Hall–Kier alpha value is -1.04. The molecule has 1 aromatic rings. The highest BCUT2D eigenvalue weighted by Gasteiger charge is 2.07. The summed E-state index contributed by atoms with van der Waals surface area (Å²) in [5, 5.41) is 3.32. The molecule has 0 aliphatic heterocycles. The van der Waals surface area contributed by atoms with Crippen molar-refractivity contribution >= 4 is 0 Å². The Labute approximate surface area is 109 Å². The summed E-state index contributed by atoms with van der Waals surface area (Å²) in [7, 11) is 3.39. The molecule has 1 rings (SSSR count). The average Bonchev–Trinajstić information content (AvgIpc) is 2.34. The third-order valence-corrected chi connectivity index (χ3v) is 2.78. The first kappa shape index (κ1) is 15.0. The molecule has 0 aromatic carbocycles. The normalized spacial score (nSPS) is 10.9. The van der Waals surface area contributed by atoms with Crippen LogP contribution in [-0.2, 0) is 22.4 Å². The van der Waals surface area contributed by atoms with Gasteiger partial charge in [0.1, 0.15) is 5.82 Å². The molecular weight excluding hydrogens is 230 g/mol. The Bertz CT molecular complexity index is 346. The van der Waals surface area contributed by atoms with Gasteiger partial charge in [-0.25, -0.2) is 9.97 Å². The minimum absolute atomic E-state index is 0.657. The molecule has 0 fully saturated rings. The lowest BCUT2D eigenvalue weighted by molar-refractivity contribution is 0.199. The second-order valence-electron chi connectivity index (χ2n) is 4.20. The van der Waals surface area contributed by atoms with Gasteiger partial charge in [0, 0.05) is 50.7 Å².